The Bertz CT molecular complexity index is 680. The van der Waals surface area contributed by atoms with Crippen LogP contribution in [0.2, 0.25) is 0 Å². The molecule has 0 atom stereocenters. The van der Waals surface area contributed by atoms with E-state index in [-0.39, 0.29) is 0 Å². The predicted molar refractivity (Wildman–Crippen MR) is 103 cm³/mol. The van der Waals surface area contributed by atoms with E-state index in [0.717, 1.165) is 18.6 Å². The molecule has 0 heterocycles. The molecule has 0 unspecified atom stereocenters. The Kier molecular flexibility index (Phi) is 7.33. The van der Waals surface area contributed by atoms with Crippen molar-refractivity contribution in [3.8, 4) is 11.5 Å². The molecule has 0 aromatic heterocycles. The molecule has 0 fully saturated rings. The van der Waals surface area contributed by atoms with Crippen LogP contribution in [0.25, 0.3) is 0 Å². The number of para-hydroxylation sites is 3. The second-order valence-electron chi connectivity index (χ2n) is 6.84. The van der Waals surface area contributed by atoms with Gasteiger partial charge in [0.1, 0.15) is 17.1 Å². The van der Waals surface area contributed by atoms with Gasteiger partial charge < -0.3 is 14.2 Å². The number of benzene rings is 2. The zero-order valence-corrected chi connectivity index (χ0v) is 15.7. The second-order valence-corrected chi connectivity index (χ2v) is 6.84. The predicted octanol–water partition coefficient (Wildman–Crippen LogP) is 5.27. The molecule has 0 radical (unpaired) electrons. The molecule has 0 bridgehead atoms. The average molecular weight is 357 g/mol. The standard InChI is InChI=1S/C21H27NO4/c1-21(2,3)26-20(23)22-18-13-7-8-14-19(18)25-16-10-9-15-24-17-11-5-4-6-12-17/h4-8,11-14H,9-10,15-16H2,1-3H3,(H,22,23). The molecule has 1 amide bonds. The molecule has 0 spiro atoms. The van der Waals surface area contributed by atoms with Crippen molar-refractivity contribution in [3.05, 3.63) is 54.6 Å². The van der Waals surface area contributed by atoms with Crippen LogP contribution in [-0.4, -0.2) is 24.9 Å². The van der Waals surface area contributed by atoms with Gasteiger partial charge in [-0.1, -0.05) is 30.3 Å². The number of rotatable bonds is 8. The monoisotopic (exact) mass is 357 g/mol. The minimum atomic E-state index is -0.543. The quantitative estimate of drug-likeness (QED) is 0.654. The van der Waals surface area contributed by atoms with E-state index in [2.05, 4.69) is 5.32 Å². The van der Waals surface area contributed by atoms with Crippen molar-refractivity contribution < 1.29 is 19.0 Å². The van der Waals surface area contributed by atoms with Crippen LogP contribution in [0.1, 0.15) is 33.6 Å². The van der Waals surface area contributed by atoms with E-state index in [1.54, 1.807) is 6.07 Å². The van der Waals surface area contributed by atoms with Crippen molar-refractivity contribution >= 4 is 11.8 Å². The molecule has 0 saturated carbocycles. The summed E-state index contributed by atoms with van der Waals surface area (Å²) in [5.41, 5.74) is 0.0563. The van der Waals surface area contributed by atoms with Crippen LogP contribution < -0.4 is 14.8 Å². The van der Waals surface area contributed by atoms with Gasteiger partial charge in [0.25, 0.3) is 0 Å². The molecule has 0 saturated heterocycles. The highest BCUT2D eigenvalue weighted by Gasteiger charge is 2.17. The maximum absolute atomic E-state index is 11.9. The van der Waals surface area contributed by atoms with Gasteiger partial charge in [-0.05, 0) is 57.9 Å². The van der Waals surface area contributed by atoms with Gasteiger partial charge in [-0.3, -0.25) is 5.32 Å². The lowest BCUT2D eigenvalue weighted by Crippen LogP contribution is -2.27. The molecule has 2 aromatic rings. The van der Waals surface area contributed by atoms with Crippen LogP contribution in [0.3, 0.4) is 0 Å². The first-order valence-corrected chi connectivity index (χ1v) is 8.84. The lowest BCUT2D eigenvalue weighted by molar-refractivity contribution is 0.0635. The normalized spacial score (nSPS) is 10.9. The summed E-state index contributed by atoms with van der Waals surface area (Å²) in [6.45, 7) is 6.67. The van der Waals surface area contributed by atoms with E-state index < -0.39 is 11.7 Å². The zero-order valence-electron chi connectivity index (χ0n) is 15.7. The maximum atomic E-state index is 11.9. The molecule has 5 nitrogen and oxygen atoms in total. The number of ether oxygens (including phenoxy) is 3. The van der Waals surface area contributed by atoms with Crippen LogP contribution in [0.4, 0.5) is 10.5 Å². The van der Waals surface area contributed by atoms with Crippen molar-refractivity contribution in [1.82, 2.24) is 0 Å². The molecule has 1 N–H and O–H groups in total. The van der Waals surface area contributed by atoms with Crippen molar-refractivity contribution in [2.45, 2.75) is 39.2 Å². The van der Waals surface area contributed by atoms with Crippen molar-refractivity contribution in [3.63, 3.8) is 0 Å². The Labute approximate surface area is 155 Å². The van der Waals surface area contributed by atoms with E-state index in [4.69, 9.17) is 14.2 Å². The number of carbonyl (C=O) groups is 1. The number of hydrogen-bond donors (Lipinski definition) is 1. The summed E-state index contributed by atoms with van der Waals surface area (Å²) in [6, 6.07) is 17.1. The smallest absolute Gasteiger partial charge is 0.412 e. The van der Waals surface area contributed by atoms with E-state index in [1.807, 2.05) is 69.3 Å². The fourth-order valence-corrected chi connectivity index (χ4v) is 2.20. The van der Waals surface area contributed by atoms with Crippen molar-refractivity contribution in [1.29, 1.82) is 0 Å². The van der Waals surface area contributed by atoms with Gasteiger partial charge in [0.2, 0.25) is 0 Å². The van der Waals surface area contributed by atoms with Crippen LogP contribution in [0.5, 0.6) is 11.5 Å². The number of carbonyl (C=O) groups excluding carboxylic acids is 1. The third-order valence-corrected chi connectivity index (χ3v) is 3.33. The Morgan fingerprint density at radius 1 is 0.885 bits per heavy atom. The number of amides is 1. The second kappa shape index (κ2) is 9.70. The lowest BCUT2D eigenvalue weighted by Gasteiger charge is -2.20. The first kappa shape index (κ1) is 19.6. The largest absolute Gasteiger partial charge is 0.494 e. The summed E-state index contributed by atoms with van der Waals surface area (Å²) < 4.78 is 16.7. The van der Waals surface area contributed by atoms with Gasteiger partial charge in [0, 0.05) is 0 Å². The minimum absolute atomic E-state index is 0.496. The molecule has 2 rings (SSSR count). The molecule has 26 heavy (non-hydrogen) atoms. The van der Waals surface area contributed by atoms with Crippen LogP contribution >= 0.6 is 0 Å². The van der Waals surface area contributed by atoms with Gasteiger partial charge in [-0.2, -0.15) is 0 Å². The van der Waals surface area contributed by atoms with Gasteiger partial charge in [0.05, 0.1) is 18.9 Å². The molecular formula is C21H27NO4. The minimum Gasteiger partial charge on any atom is -0.494 e. The van der Waals surface area contributed by atoms with Crippen LogP contribution in [-0.2, 0) is 4.74 Å². The highest BCUT2D eigenvalue weighted by atomic mass is 16.6. The van der Waals surface area contributed by atoms with E-state index >= 15 is 0 Å². The first-order chi connectivity index (χ1) is 12.4. The molecule has 5 heteroatoms. The Hall–Kier alpha value is -2.69. The summed E-state index contributed by atoms with van der Waals surface area (Å²) in [4.78, 5) is 11.9. The topological polar surface area (TPSA) is 56.8 Å². The zero-order chi connectivity index (χ0) is 18.8. The SMILES string of the molecule is CC(C)(C)OC(=O)Nc1ccccc1OCCCCOc1ccccc1. The first-order valence-electron chi connectivity index (χ1n) is 8.84. The lowest BCUT2D eigenvalue weighted by atomic mass is 10.2. The molecule has 140 valence electrons. The molecule has 0 aliphatic rings. The van der Waals surface area contributed by atoms with E-state index in [9.17, 15) is 4.79 Å². The van der Waals surface area contributed by atoms with Crippen LogP contribution in [0.15, 0.2) is 54.6 Å². The van der Waals surface area contributed by atoms with Gasteiger partial charge >= 0.3 is 6.09 Å². The van der Waals surface area contributed by atoms with Crippen molar-refractivity contribution in [2.24, 2.45) is 0 Å². The van der Waals surface area contributed by atoms with E-state index in [1.165, 1.54) is 0 Å². The summed E-state index contributed by atoms with van der Waals surface area (Å²) in [6.07, 6.45) is 1.24. The number of unbranched alkanes of at least 4 members (excludes halogenated alkanes) is 1. The van der Waals surface area contributed by atoms with Gasteiger partial charge in [0.15, 0.2) is 0 Å². The summed E-state index contributed by atoms with van der Waals surface area (Å²) >= 11 is 0. The fourth-order valence-electron chi connectivity index (χ4n) is 2.20. The summed E-state index contributed by atoms with van der Waals surface area (Å²) in [5.74, 6) is 1.50. The Morgan fingerprint density at radius 2 is 1.50 bits per heavy atom. The molecule has 0 aliphatic carbocycles. The maximum Gasteiger partial charge on any atom is 0.412 e. The van der Waals surface area contributed by atoms with Crippen LogP contribution in [0, 0.1) is 0 Å². The third-order valence-electron chi connectivity index (χ3n) is 3.33. The van der Waals surface area contributed by atoms with Gasteiger partial charge in [-0.25, -0.2) is 4.79 Å². The molecule has 0 aliphatic heterocycles. The molecular weight excluding hydrogens is 330 g/mol. The Morgan fingerprint density at radius 3 is 2.19 bits per heavy atom. The molecule has 2 aromatic carbocycles. The summed E-state index contributed by atoms with van der Waals surface area (Å²) in [7, 11) is 0. The average Bonchev–Trinajstić information content (AvgIpc) is 2.58. The number of anilines is 1. The van der Waals surface area contributed by atoms with Crippen molar-refractivity contribution in [2.75, 3.05) is 18.5 Å². The van der Waals surface area contributed by atoms with Gasteiger partial charge in [-0.15, -0.1) is 0 Å². The fraction of sp³-hybridized carbons (Fsp3) is 0.381. The highest BCUT2D eigenvalue weighted by Crippen LogP contribution is 2.24. The third kappa shape index (κ3) is 7.47. The highest BCUT2D eigenvalue weighted by molar-refractivity contribution is 5.86. The number of nitrogens with one attached hydrogen (secondary N) is 1. The van der Waals surface area contributed by atoms with E-state index in [0.29, 0.717) is 24.7 Å². The number of hydrogen-bond acceptors (Lipinski definition) is 4. The Balaban J connectivity index is 1.73. The summed E-state index contributed by atoms with van der Waals surface area (Å²) in [5, 5.41) is 2.73.